The Balaban J connectivity index is 2.27. The van der Waals surface area contributed by atoms with Crippen molar-refractivity contribution in [2.24, 2.45) is 5.73 Å². The molecule has 1 aliphatic rings. The van der Waals surface area contributed by atoms with Crippen molar-refractivity contribution >= 4 is 13.2 Å². The highest BCUT2D eigenvalue weighted by molar-refractivity contribution is 6.55. The van der Waals surface area contributed by atoms with Crippen molar-refractivity contribution in [2.45, 2.75) is 52.4 Å². The number of hydrogen-bond acceptors (Lipinski definition) is 4. The third kappa shape index (κ3) is 3.28. The Morgan fingerprint density at radius 2 is 1.82 bits per heavy atom. The summed E-state index contributed by atoms with van der Waals surface area (Å²) < 4.78 is 12.1. The van der Waals surface area contributed by atoms with Crippen LogP contribution in [0.25, 0.3) is 6.08 Å². The molecule has 3 N–H and O–H groups in total. The SMILES string of the molecule is Cc1cc(C=C(CN)B2OC(C)(C)C(C)(C)O2)ccc1CO. The zero-order valence-corrected chi connectivity index (χ0v) is 14.1. The molecule has 1 aromatic rings. The summed E-state index contributed by atoms with van der Waals surface area (Å²) in [7, 11) is -0.423. The molecule has 0 amide bonds. The van der Waals surface area contributed by atoms with Gasteiger partial charge in [-0.3, -0.25) is 0 Å². The Bertz CT molecular complexity index is 565. The van der Waals surface area contributed by atoms with Gasteiger partial charge in [0, 0.05) is 6.54 Å². The highest BCUT2D eigenvalue weighted by atomic mass is 16.7. The second kappa shape index (κ2) is 6.16. The topological polar surface area (TPSA) is 64.7 Å². The Labute approximate surface area is 133 Å². The minimum absolute atomic E-state index is 0.0524. The van der Waals surface area contributed by atoms with Gasteiger partial charge in [-0.15, -0.1) is 0 Å². The molecular formula is C17H26BNO3. The molecular weight excluding hydrogens is 277 g/mol. The molecule has 22 heavy (non-hydrogen) atoms. The van der Waals surface area contributed by atoms with Crippen LogP contribution in [-0.4, -0.2) is 30.0 Å². The summed E-state index contributed by atoms with van der Waals surface area (Å²) >= 11 is 0. The van der Waals surface area contributed by atoms with Crippen LogP contribution >= 0.6 is 0 Å². The molecule has 0 aromatic heterocycles. The fourth-order valence-corrected chi connectivity index (χ4v) is 2.42. The highest BCUT2D eigenvalue weighted by Crippen LogP contribution is 2.38. The van der Waals surface area contributed by atoms with Gasteiger partial charge in [-0.25, -0.2) is 0 Å². The zero-order valence-electron chi connectivity index (χ0n) is 14.1. The third-order valence-electron chi connectivity index (χ3n) is 4.68. The van der Waals surface area contributed by atoms with E-state index in [1.807, 2.05) is 58.9 Å². The van der Waals surface area contributed by atoms with Crippen LogP contribution in [0.15, 0.2) is 23.7 Å². The van der Waals surface area contributed by atoms with E-state index in [9.17, 15) is 5.11 Å². The Hall–Kier alpha value is -1.14. The van der Waals surface area contributed by atoms with Gasteiger partial charge in [-0.05, 0) is 56.8 Å². The number of aliphatic hydroxyl groups excluding tert-OH is 1. The molecule has 0 spiro atoms. The average Bonchev–Trinajstić information content (AvgIpc) is 2.65. The van der Waals surface area contributed by atoms with E-state index in [2.05, 4.69) is 0 Å². The fourth-order valence-electron chi connectivity index (χ4n) is 2.42. The van der Waals surface area contributed by atoms with Crippen LogP contribution in [0, 0.1) is 6.92 Å². The predicted octanol–water partition coefficient (Wildman–Crippen LogP) is 2.46. The van der Waals surface area contributed by atoms with Gasteiger partial charge in [0.1, 0.15) is 0 Å². The minimum Gasteiger partial charge on any atom is -0.400 e. The summed E-state index contributed by atoms with van der Waals surface area (Å²) in [6.45, 7) is 10.5. The first-order valence-corrected chi connectivity index (χ1v) is 7.67. The number of aryl methyl sites for hydroxylation is 1. The van der Waals surface area contributed by atoms with Crippen molar-refractivity contribution in [1.82, 2.24) is 0 Å². The van der Waals surface area contributed by atoms with Gasteiger partial charge in [-0.1, -0.05) is 24.3 Å². The van der Waals surface area contributed by atoms with Gasteiger partial charge in [0.2, 0.25) is 0 Å². The van der Waals surface area contributed by atoms with Gasteiger partial charge >= 0.3 is 7.12 Å². The first kappa shape index (κ1) is 17.2. The standard InChI is InChI=1S/C17H26BNO3/c1-12-8-13(6-7-14(12)11-20)9-15(10-19)18-21-16(2,3)17(4,5)22-18/h6-9,20H,10-11,19H2,1-5H3. The lowest BCUT2D eigenvalue weighted by molar-refractivity contribution is 0.00578. The zero-order chi connectivity index (χ0) is 16.5. The lowest BCUT2D eigenvalue weighted by Crippen LogP contribution is -2.41. The number of aliphatic hydroxyl groups is 1. The van der Waals surface area contributed by atoms with Crippen LogP contribution < -0.4 is 5.73 Å². The van der Waals surface area contributed by atoms with E-state index in [0.29, 0.717) is 6.54 Å². The smallest absolute Gasteiger partial charge is 0.400 e. The second-order valence-electron chi connectivity index (χ2n) is 6.86. The molecule has 120 valence electrons. The molecule has 1 aromatic carbocycles. The van der Waals surface area contributed by atoms with Gasteiger partial charge in [-0.2, -0.15) is 0 Å². The summed E-state index contributed by atoms with van der Waals surface area (Å²) in [5, 5.41) is 9.25. The summed E-state index contributed by atoms with van der Waals surface area (Å²) in [6, 6.07) is 5.94. The molecule has 5 heteroatoms. The van der Waals surface area contributed by atoms with Crippen molar-refractivity contribution < 1.29 is 14.4 Å². The van der Waals surface area contributed by atoms with E-state index < -0.39 is 7.12 Å². The summed E-state index contributed by atoms with van der Waals surface area (Å²) in [4.78, 5) is 0. The molecule has 0 radical (unpaired) electrons. The van der Waals surface area contributed by atoms with Gasteiger partial charge < -0.3 is 20.1 Å². The largest absolute Gasteiger partial charge is 0.491 e. The summed E-state index contributed by atoms with van der Waals surface area (Å²) in [6.07, 6.45) is 2.01. The Kier molecular flexibility index (Phi) is 4.83. The molecule has 0 atom stereocenters. The van der Waals surface area contributed by atoms with Gasteiger partial charge in [0.15, 0.2) is 0 Å². The highest BCUT2D eigenvalue weighted by Gasteiger charge is 2.52. The van der Waals surface area contributed by atoms with E-state index in [1.54, 1.807) is 0 Å². The van der Waals surface area contributed by atoms with E-state index in [0.717, 1.165) is 22.2 Å². The first-order valence-electron chi connectivity index (χ1n) is 7.67. The molecule has 0 unspecified atom stereocenters. The second-order valence-corrected chi connectivity index (χ2v) is 6.86. The van der Waals surface area contributed by atoms with Crippen LogP contribution in [0.4, 0.5) is 0 Å². The van der Waals surface area contributed by atoms with Crippen molar-refractivity contribution in [2.75, 3.05) is 6.54 Å². The van der Waals surface area contributed by atoms with Crippen LogP contribution in [0.2, 0.25) is 0 Å². The van der Waals surface area contributed by atoms with Crippen LogP contribution in [-0.2, 0) is 15.9 Å². The number of hydrogen-bond donors (Lipinski definition) is 2. The maximum absolute atomic E-state index is 9.25. The van der Waals surface area contributed by atoms with E-state index in [-0.39, 0.29) is 17.8 Å². The molecule has 1 heterocycles. The minimum atomic E-state index is -0.423. The molecule has 2 rings (SSSR count). The maximum Gasteiger partial charge on any atom is 0.491 e. The van der Waals surface area contributed by atoms with Crippen LogP contribution in [0.5, 0.6) is 0 Å². The van der Waals surface area contributed by atoms with Crippen molar-refractivity contribution in [3.8, 4) is 0 Å². The monoisotopic (exact) mass is 303 g/mol. The summed E-state index contributed by atoms with van der Waals surface area (Å²) in [5.74, 6) is 0. The lowest BCUT2D eigenvalue weighted by atomic mass is 9.77. The normalized spacial score (nSPS) is 20.5. The van der Waals surface area contributed by atoms with Crippen molar-refractivity contribution in [3.05, 3.63) is 40.4 Å². The molecule has 4 nitrogen and oxygen atoms in total. The van der Waals surface area contributed by atoms with E-state index >= 15 is 0 Å². The molecule has 1 saturated heterocycles. The number of nitrogens with two attached hydrogens (primary N) is 1. The Morgan fingerprint density at radius 3 is 2.27 bits per heavy atom. The molecule has 0 saturated carbocycles. The average molecular weight is 303 g/mol. The van der Waals surface area contributed by atoms with Gasteiger partial charge in [0.25, 0.3) is 0 Å². The molecule has 1 aliphatic heterocycles. The number of rotatable bonds is 4. The maximum atomic E-state index is 9.25. The van der Waals surface area contributed by atoms with E-state index in [1.165, 1.54) is 0 Å². The fraction of sp³-hybridized carbons (Fsp3) is 0.529. The summed E-state index contributed by atoms with van der Waals surface area (Å²) in [5.41, 5.74) is 9.09. The van der Waals surface area contributed by atoms with Gasteiger partial charge in [0.05, 0.1) is 17.8 Å². The van der Waals surface area contributed by atoms with E-state index in [4.69, 9.17) is 15.0 Å². The molecule has 0 aliphatic carbocycles. The molecule has 1 fully saturated rings. The van der Waals surface area contributed by atoms with Crippen LogP contribution in [0.1, 0.15) is 44.4 Å². The lowest BCUT2D eigenvalue weighted by Gasteiger charge is -2.32. The first-order chi connectivity index (χ1) is 10.2. The van der Waals surface area contributed by atoms with Crippen molar-refractivity contribution in [3.63, 3.8) is 0 Å². The van der Waals surface area contributed by atoms with Crippen LogP contribution in [0.3, 0.4) is 0 Å². The molecule has 0 bridgehead atoms. The number of benzene rings is 1. The third-order valence-corrected chi connectivity index (χ3v) is 4.68. The predicted molar refractivity (Wildman–Crippen MR) is 90.2 cm³/mol. The quantitative estimate of drug-likeness (QED) is 0.839. The Morgan fingerprint density at radius 1 is 1.23 bits per heavy atom. The van der Waals surface area contributed by atoms with Crippen molar-refractivity contribution in [1.29, 1.82) is 0 Å².